The summed E-state index contributed by atoms with van der Waals surface area (Å²) in [4.78, 5) is 0. The molecule has 17 heavy (non-hydrogen) atoms. The zero-order chi connectivity index (χ0) is 12.3. The Balaban J connectivity index is 2.07. The highest BCUT2D eigenvalue weighted by Crippen LogP contribution is 2.42. The molecule has 1 saturated carbocycles. The molecule has 1 aromatic heterocycles. The van der Waals surface area contributed by atoms with Gasteiger partial charge in [-0.05, 0) is 24.8 Å². The summed E-state index contributed by atoms with van der Waals surface area (Å²) in [5.74, 6) is 0. The van der Waals surface area contributed by atoms with Crippen molar-refractivity contribution < 1.29 is 0 Å². The van der Waals surface area contributed by atoms with Crippen molar-refractivity contribution in [3.05, 3.63) is 5.51 Å². The van der Waals surface area contributed by atoms with E-state index in [-0.39, 0.29) is 0 Å². The molecule has 2 unspecified atom stereocenters. The van der Waals surface area contributed by atoms with E-state index in [0.717, 1.165) is 10.9 Å². The van der Waals surface area contributed by atoms with Crippen molar-refractivity contribution >= 4 is 23.1 Å². The fourth-order valence-electron chi connectivity index (χ4n) is 2.68. The van der Waals surface area contributed by atoms with Crippen LogP contribution in [0.4, 0.5) is 0 Å². The molecule has 3 nitrogen and oxygen atoms in total. The highest BCUT2D eigenvalue weighted by Gasteiger charge is 2.39. The maximum atomic E-state index is 4.16. The van der Waals surface area contributed by atoms with E-state index in [1.807, 2.05) is 17.3 Å². The Labute approximate surface area is 112 Å². The van der Waals surface area contributed by atoms with Crippen molar-refractivity contribution in [1.29, 1.82) is 0 Å². The lowest BCUT2D eigenvalue weighted by Gasteiger charge is -2.44. The van der Waals surface area contributed by atoms with Crippen molar-refractivity contribution in [1.82, 2.24) is 15.5 Å². The molecule has 0 spiro atoms. The third-order valence-corrected chi connectivity index (χ3v) is 5.69. The molecule has 0 radical (unpaired) electrons. The van der Waals surface area contributed by atoms with Crippen LogP contribution in [0.2, 0.25) is 0 Å². The van der Waals surface area contributed by atoms with Gasteiger partial charge in [0, 0.05) is 11.3 Å². The average molecular weight is 271 g/mol. The van der Waals surface area contributed by atoms with E-state index in [0.29, 0.717) is 16.7 Å². The van der Waals surface area contributed by atoms with E-state index in [1.54, 1.807) is 11.3 Å². The smallest absolute Gasteiger partial charge is 0.174 e. The fraction of sp³-hybridized carbons (Fsp3) is 0.833. The monoisotopic (exact) mass is 271 g/mol. The molecule has 0 aromatic carbocycles. The van der Waals surface area contributed by atoms with Crippen LogP contribution in [0.25, 0.3) is 0 Å². The van der Waals surface area contributed by atoms with Gasteiger partial charge >= 0.3 is 0 Å². The molecular formula is C12H21N3S2. The molecule has 96 valence electrons. The Morgan fingerprint density at radius 1 is 1.59 bits per heavy atom. The van der Waals surface area contributed by atoms with Crippen LogP contribution in [0, 0.1) is 5.41 Å². The molecule has 0 aliphatic heterocycles. The highest BCUT2D eigenvalue weighted by molar-refractivity contribution is 8.01. The molecule has 0 bridgehead atoms. The van der Waals surface area contributed by atoms with Crippen molar-refractivity contribution in [3.8, 4) is 0 Å². The maximum absolute atomic E-state index is 4.16. The van der Waals surface area contributed by atoms with Gasteiger partial charge < -0.3 is 5.32 Å². The van der Waals surface area contributed by atoms with E-state index in [2.05, 4.69) is 36.3 Å². The predicted octanol–water partition coefficient (Wildman–Crippen LogP) is 3.19. The summed E-state index contributed by atoms with van der Waals surface area (Å²) in [7, 11) is 0. The van der Waals surface area contributed by atoms with Crippen LogP contribution < -0.4 is 5.32 Å². The normalized spacial score (nSPS) is 28.2. The van der Waals surface area contributed by atoms with Gasteiger partial charge in [0.15, 0.2) is 4.34 Å². The zero-order valence-corrected chi connectivity index (χ0v) is 12.4. The second-order valence-corrected chi connectivity index (χ2v) is 7.60. The van der Waals surface area contributed by atoms with Gasteiger partial charge in [0.1, 0.15) is 5.51 Å². The van der Waals surface area contributed by atoms with Gasteiger partial charge in [0.2, 0.25) is 0 Å². The first-order valence-corrected chi connectivity index (χ1v) is 8.05. The second kappa shape index (κ2) is 5.67. The van der Waals surface area contributed by atoms with Crippen LogP contribution in [0.3, 0.4) is 0 Å². The summed E-state index contributed by atoms with van der Waals surface area (Å²) in [5.41, 5.74) is 2.20. The first-order chi connectivity index (χ1) is 8.13. The molecule has 1 aromatic rings. The maximum Gasteiger partial charge on any atom is 0.174 e. The molecule has 1 aliphatic rings. The molecule has 1 fully saturated rings. The van der Waals surface area contributed by atoms with E-state index in [1.165, 1.54) is 19.3 Å². The number of nitrogens with zero attached hydrogens (tertiary/aromatic N) is 2. The summed E-state index contributed by atoms with van der Waals surface area (Å²) in [5, 5.41) is 12.4. The highest BCUT2D eigenvalue weighted by atomic mass is 32.2. The van der Waals surface area contributed by atoms with Crippen LogP contribution in [0.5, 0.6) is 0 Å². The predicted molar refractivity (Wildman–Crippen MR) is 74.7 cm³/mol. The third kappa shape index (κ3) is 3.20. The van der Waals surface area contributed by atoms with Crippen LogP contribution >= 0.6 is 23.1 Å². The Morgan fingerprint density at radius 2 is 2.41 bits per heavy atom. The molecule has 0 saturated heterocycles. The molecule has 5 heteroatoms. The minimum atomic E-state index is 0.386. The summed E-state index contributed by atoms with van der Waals surface area (Å²) in [6, 6.07) is 0.579. The molecule has 1 aliphatic carbocycles. The van der Waals surface area contributed by atoms with Crippen molar-refractivity contribution in [2.75, 3.05) is 6.54 Å². The Kier molecular flexibility index (Phi) is 4.44. The largest absolute Gasteiger partial charge is 0.313 e. The van der Waals surface area contributed by atoms with Crippen molar-refractivity contribution in [3.63, 3.8) is 0 Å². The lowest BCUT2D eigenvalue weighted by molar-refractivity contribution is 0.176. The molecule has 1 N–H and O–H groups in total. The number of hydrogen-bond donors (Lipinski definition) is 1. The van der Waals surface area contributed by atoms with Crippen LogP contribution in [0.15, 0.2) is 9.85 Å². The quantitative estimate of drug-likeness (QED) is 0.912. The van der Waals surface area contributed by atoms with E-state index < -0.39 is 0 Å². The Hall–Kier alpha value is -0.130. The van der Waals surface area contributed by atoms with Gasteiger partial charge in [0.25, 0.3) is 0 Å². The lowest BCUT2D eigenvalue weighted by Crippen LogP contribution is -2.51. The summed E-state index contributed by atoms with van der Waals surface area (Å²) in [6.45, 7) is 8.00. The van der Waals surface area contributed by atoms with E-state index in [9.17, 15) is 0 Å². The number of thioether (sulfide) groups is 1. The number of nitrogens with one attached hydrogen (secondary N) is 1. The van der Waals surface area contributed by atoms with Crippen LogP contribution in [-0.4, -0.2) is 28.0 Å². The first-order valence-electron chi connectivity index (χ1n) is 6.29. The number of hydrogen-bond acceptors (Lipinski definition) is 5. The lowest BCUT2D eigenvalue weighted by atomic mass is 9.73. The molecular weight excluding hydrogens is 250 g/mol. The summed E-state index contributed by atoms with van der Waals surface area (Å²) < 4.78 is 1.11. The zero-order valence-electron chi connectivity index (χ0n) is 10.8. The standard InChI is InChI=1S/C12H21N3S2/c1-4-13-10-9(6-5-7-12(10,2)3)17-11-15-14-8-16-11/h8-10,13H,4-7H2,1-3H3. The average Bonchev–Trinajstić information content (AvgIpc) is 2.75. The van der Waals surface area contributed by atoms with E-state index >= 15 is 0 Å². The van der Waals surface area contributed by atoms with Gasteiger partial charge in [-0.2, -0.15) is 0 Å². The molecule has 2 rings (SSSR count). The van der Waals surface area contributed by atoms with Gasteiger partial charge in [-0.3, -0.25) is 0 Å². The molecule has 2 atom stereocenters. The number of aromatic nitrogens is 2. The van der Waals surface area contributed by atoms with Gasteiger partial charge in [-0.25, -0.2) is 0 Å². The topological polar surface area (TPSA) is 37.8 Å². The molecule has 0 amide bonds. The first kappa shape index (κ1) is 13.3. The van der Waals surface area contributed by atoms with Gasteiger partial charge in [0.05, 0.1) is 0 Å². The van der Waals surface area contributed by atoms with Gasteiger partial charge in [-0.1, -0.05) is 50.3 Å². The Bertz CT molecular complexity index is 338. The van der Waals surface area contributed by atoms with Crippen molar-refractivity contribution in [2.24, 2.45) is 5.41 Å². The number of rotatable bonds is 4. The second-order valence-electron chi connectivity index (χ2n) is 5.28. The van der Waals surface area contributed by atoms with Crippen LogP contribution in [-0.2, 0) is 0 Å². The third-order valence-electron chi connectivity index (χ3n) is 3.54. The SMILES string of the molecule is CCNC1C(Sc2nncs2)CCCC1(C)C. The van der Waals surface area contributed by atoms with Crippen molar-refractivity contribution in [2.45, 2.75) is 55.7 Å². The van der Waals surface area contributed by atoms with Gasteiger partial charge in [-0.15, -0.1) is 10.2 Å². The minimum absolute atomic E-state index is 0.386. The summed E-state index contributed by atoms with van der Waals surface area (Å²) >= 11 is 3.55. The summed E-state index contributed by atoms with van der Waals surface area (Å²) in [6.07, 6.45) is 3.93. The minimum Gasteiger partial charge on any atom is -0.313 e. The van der Waals surface area contributed by atoms with E-state index in [4.69, 9.17) is 0 Å². The van der Waals surface area contributed by atoms with Crippen LogP contribution in [0.1, 0.15) is 40.0 Å². The fourth-order valence-corrected chi connectivity index (χ4v) is 4.92. The molecule has 1 heterocycles. The Morgan fingerprint density at radius 3 is 3.06 bits per heavy atom.